The van der Waals surface area contributed by atoms with Crippen LogP contribution in [-0.4, -0.2) is 9.97 Å². The predicted octanol–water partition coefficient (Wildman–Crippen LogP) is 4.73. The third kappa shape index (κ3) is 3.49. The van der Waals surface area contributed by atoms with E-state index in [4.69, 9.17) is 34.8 Å². The summed E-state index contributed by atoms with van der Waals surface area (Å²) in [5.41, 5.74) is 0.905. The molecule has 0 aliphatic heterocycles. The molecule has 2 aromatic rings. The molecule has 0 aliphatic rings. The van der Waals surface area contributed by atoms with Crippen molar-refractivity contribution in [1.82, 2.24) is 9.97 Å². The highest BCUT2D eigenvalue weighted by Gasteiger charge is 2.06. The molecular weight excluding hydrogens is 299 g/mol. The largest absolute Gasteiger partial charge is 0.248 e. The third-order valence-corrected chi connectivity index (χ3v) is 3.99. The molecule has 0 fully saturated rings. The first kappa shape index (κ1) is 13.0. The SMILES string of the molecule is Clc1ccc(CSc2ncccc2Cl)c(Cl)n1. The van der Waals surface area contributed by atoms with Gasteiger partial charge < -0.3 is 0 Å². The maximum atomic E-state index is 6.00. The lowest BCUT2D eigenvalue weighted by molar-refractivity contribution is 1.13. The Balaban J connectivity index is 2.10. The first-order chi connectivity index (χ1) is 8.16. The second-order valence-corrected chi connectivity index (χ2v) is 5.28. The molecule has 0 saturated carbocycles. The maximum absolute atomic E-state index is 6.00. The van der Waals surface area contributed by atoms with E-state index in [1.165, 1.54) is 11.8 Å². The van der Waals surface area contributed by atoms with E-state index in [0.717, 1.165) is 10.6 Å². The molecule has 88 valence electrons. The summed E-state index contributed by atoms with van der Waals surface area (Å²) in [5, 5.41) is 2.22. The third-order valence-electron chi connectivity index (χ3n) is 1.98. The molecule has 2 aromatic heterocycles. The lowest BCUT2D eigenvalue weighted by atomic mass is 10.3. The van der Waals surface area contributed by atoms with E-state index in [-0.39, 0.29) is 0 Å². The van der Waals surface area contributed by atoms with E-state index >= 15 is 0 Å². The number of pyridine rings is 2. The number of rotatable bonds is 3. The van der Waals surface area contributed by atoms with Crippen LogP contribution >= 0.6 is 46.6 Å². The van der Waals surface area contributed by atoms with E-state index in [1.807, 2.05) is 6.07 Å². The highest BCUT2D eigenvalue weighted by molar-refractivity contribution is 7.98. The van der Waals surface area contributed by atoms with Crippen molar-refractivity contribution in [2.75, 3.05) is 0 Å². The Hall–Kier alpha value is -0.480. The van der Waals surface area contributed by atoms with Gasteiger partial charge in [-0.15, -0.1) is 11.8 Å². The Morgan fingerprint density at radius 1 is 1.12 bits per heavy atom. The topological polar surface area (TPSA) is 25.8 Å². The van der Waals surface area contributed by atoms with Gasteiger partial charge in [0.25, 0.3) is 0 Å². The smallest absolute Gasteiger partial charge is 0.134 e. The van der Waals surface area contributed by atoms with Crippen LogP contribution in [0.5, 0.6) is 0 Å². The number of hydrogen-bond donors (Lipinski definition) is 0. The van der Waals surface area contributed by atoms with Crippen molar-refractivity contribution in [1.29, 1.82) is 0 Å². The van der Waals surface area contributed by atoms with Crippen molar-refractivity contribution in [3.8, 4) is 0 Å². The number of aromatic nitrogens is 2. The minimum atomic E-state index is 0.389. The quantitative estimate of drug-likeness (QED) is 0.605. The van der Waals surface area contributed by atoms with Crippen molar-refractivity contribution in [2.24, 2.45) is 0 Å². The van der Waals surface area contributed by atoms with Crippen LogP contribution < -0.4 is 0 Å². The Morgan fingerprint density at radius 3 is 2.65 bits per heavy atom. The molecule has 6 heteroatoms. The number of thioether (sulfide) groups is 1. The summed E-state index contributed by atoms with van der Waals surface area (Å²) in [4.78, 5) is 8.15. The van der Waals surface area contributed by atoms with Gasteiger partial charge in [0, 0.05) is 11.9 Å². The van der Waals surface area contributed by atoms with Crippen molar-refractivity contribution < 1.29 is 0 Å². The van der Waals surface area contributed by atoms with Gasteiger partial charge in [-0.1, -0.05) is 40.9 Å². The molecule has 17 heavy (non-hydrogen) atoms. The highest BCUT2D eigenvalue weighted by atomic mass is 35.5. The normalized spacial score (nSPS) is 10.5. The molecule has 0 aliphatic carbocycles. The Bertz CT molecular complexity index is 534. The zero-order valence-electron chi connectivity index (χ0n) is 8.53. The Labute approximate surface area is 118 Å². The molecular formula is C11H7Cl3N2S. The summed E-state index contributed by atoms with van der Waals surface area (Å²) < 4.78 is 0. The predicted molar refractivity (Wildman–Crippen MR) is 73.1 cm³/mol. The van der Waals surface area contributed by atoms with Crippen molar-refractivity contribution in [3.05, 3.63) is 51.4 Å². The van der Waals surface area contributed by atoms with Gasteiger partial charge in [-0.05, 0) is 23.8 Å². The van der Waals surface area contributed by atoms with Crippen molar-refractivity contribution in [2.45, 2.75) is 10.8 Å². The molecule has 0 radical (unpaired) electrons. The van der Waals surface area contributed by atoms with Crippen LogP contribution in [-0.2, 0) is 5.75 Å². The Morgan fingerprint density at radius 2 is 1.94 bits per heavy atom. The molecule has 0 aromatic carbocycles. The van der Waals surface area contributed by atoms with Crippen molar-refractivity contribution in [3.63, 3.8) is 0 Å². The van der Waals surface area contributed by atoms with Crippen LogP contribution in [0.2, 0.25) is 15.3 Å². The fourth-order valence-corrected chi connectivity index (χ4v) is 2.81. The maximum Gasteiger partial charge on any atom is 0.134 e. The van der Waals surface area contributed by atoms with Gasteiger partial charge in [-0.2, -0.15) is 0 Å². The van der Waals surface area contributed by atoms with E-state index in [9.17, 15) is 0 Å². The van der Waals surface area contributed by atoms with Crippen LogP contribution in [0.15, 0.2) is 35.5 Å². The lowest BCUT2D eigenvalue weighted by Gasteiger charge is -2.04. The molecule has 0 saturated heterocycles. The number of nitrogens with zero attached hydrogens (tertiary/aromatic N) is 2. The Kier molecular flexibility index (Phi) is 4.51. The zero-order chi connectivity index (χ0) is 12.3. The number of hydrogen-bond acceptors (Lipinski definition) is 3. The van der Waals surface area contributed by atoms with Gasteiger partial charge in [-0.25, -0.2) is 9.97 Å². The van der Waals surface area contributed by atoms with Gasteiger partial charge in [0.1, 0.15) is 15.3 Å². The summed E-state index contributed by atoms with van der Waals surface area (Å²) in [6, 6.07) is 7.16. The summed E-state index contributed by atoms with van der Waals surface area (Å²) in [6.07, 6.45) is 1.70. The van der Waals surface area contributed by atoms with E-state index in [0.29, 0.717) is 21.1 Å². The summed E-state index contributed by atoms with van der Waals surface area (Å²) in [5.74, 6) is 0.653. The van der Waals surface area contributed by atoms with Crippen LogP contribution in [0.4, 0.5) is 0 Å². The minimum Gasteiger partial charge on any atom is -0.248 e. The molecule has 0 spiro atoms. The molecule has 0 amide bonds. The first-order valence-electron chi connectivity index (χ1n) is 4.71. The molecule has 2 heterocycles. The van der Waals surface area contributed by atoms with E-state index < -0.39 is 0 Å². The monoisotopic (exact) mass is 304 g/mol. The van der Waals surface area contributed by atoms with Crippen LogP contribution in [0.1, 0.15) is 5.56 Å². The summed E-state index contributed by atoms with van der Waals surface area (Å²) in [7, 11) is 0. The van der Waals surface area contributed by atoms with Gasteiger partial charge >= 0.3 is 0 Å². The van der Waals surface area contributed by atoms with E-state index in [1.54, 1.807) is 24.4 Å². The fourth-order valence-electron chi connectivity index (χ4n) is 1.17. The van der Waals surface area contributed by atoms with Crippen LogP contribution in [0.25, 0.3) is 0 Å². The van der Waals surface area contributed by atoms with Crippen molar-refractivity contribution >= 4 is 46.6 Å². The molecule has 2 rings (SSSR count). The fraction of sp³-hybridized carbons (Fsp3) is 0.0909. The molecule has 0 unspecified atom stereocenters. The summed E-state index contributed by atoms with van der Waals surface area (Å²) >= 11 is 19.2. The molecule has 2 nitrogen and oxygen atoms in total. The molecule has 0 bridgehead atoms. The minimum absolute atomic E-state index is 0.389. The van der Waals surface area contributed by atoms with E-state index in [2.05, 4.69) is 9.97 Å². The molecule has 0 atom stereocenters. The average molecular weight is 306 g/mol. The zero-order valence-corrected chi connectivity index (χ0v) is 11.6. The van der Waals surface area contributed by atoms with Crippen LogP contribution in [0, 0.1) is 0 Å². The second kappa shape index (κ2) is 5.91. The summed E-state index contributed by atoms with van der Waals surface area (Å²) in [6.45, 7) is 0. The lowest BCUT2D eigenvalue weighted by Crippen LogP contribution is -1.88. The van der Waals surface area contributed by atoms with Gasteiger partial charge in [-0.3, -0.25) is 0 Å². The first-order valence-corrected chi connectivity index (χ1v) is 6.83. The standard InChI is InChI=1S/C11H7Cl3N2S/c12-8-2-1-5-15-11(8)17-6-7-3-4-9(13)16-10(7)14/h1-5H,6H2. The highest BCUT2D eigenvalue weighted by Crippen LogP contribution is 2.29. The van der Waals surface area contributed by atoms with Gasteiger partial charge in [0.15, 0.2) is 0 Å². The number of halogens is 3. The van der Waals surface area contributed by atoms with Crippen LogP contribution in [0.3, 0.4) is 0 Å². The van der Waals surface area contributed by atoms with Gasteiger partial charge in [0.2, 0.25) is 0 Å². The molecule has 0 N–H and O–H groups in total. The average Bonchev–Trinajstić information content (AvgIpc) is 2.30. The van der Waals surface area contributed by atoms with Gasteiger partial charge in [0.05, 0.1) is 5.02 Å². The second-order valence-electron chi connectivity index (χ2n) is 3.16.